The number of carbonyl (C=O) groups is 1. The van der Waals surface area contributed by atoms with E-state index >= 15 is 0 Å². The first kappa shape index (κ1) is 16.3. The van der Waals surface area contributed by atoms with Crippen molar-refractivity contribution in [3.05, 3.63) is 44.8 Å². The normalized spacial score (nSPS) is 27.0. The Morgan fingerprint density at radius 1 is 1.17 bits per heavy atom. The number of hydrogen-bond donors (Lipinski definition) is 1. The predicted molar refractivity (Wildman–Crippen MR) is 95.3 cm³/mol. The van der Waals surface area contributed by atoms with Gasteiger partial charge in [-0.15, -0.1) is 22.7 Å². The van der Waals surface area contributed by atoms with E-state index in [1.807, 2.05) is 22.9 Å². The van der Waals surface area contributed by atoms with Crippen molar-refractivity contribution < 1.29 is 14.6 Å². The minimum absolute atomic E-state index is 0.111. The van der Waals surface area contributed by atoms with Crippen molar-refractivity contribution in [3.8, 4) is 0 Å². The molecule has 128 valence electrons. The van der Waals surface area contributed by atoms with Gasteiger partial charge in [-0.25, -0.2) is 4.79 Å². The van der Waals surface area contributed by atoms with Crippen LogP contribution in [0.15, 0.2) is 35.0 Å². The van der Waals surface area contributed by atoms with Gasteiger partial charge in [-0.3, -0.25) is 4.90 Å². The molecule has 2 aromatic heterocycles. The van der Waals surface area contributed by atoms with E-state index < -0.39 is 11.6 Å². The molecule has 2 aromatic rings. The number of rotatable bonds is 4. The Balaban J connectivity index is 1.61. The number of thiophene rings is 2. The maximum absolute atomic E-state index is 13.0. The fourth-order valence-electron chi connectivity index (χ4n) is 3.79. The van der Waals surface area contributed by atoms with Crippen molar-refractivity contribution in [2.75, 3.05) is 19.6 Å². The molecular weight excluding hydrogens is 342 g/mol. The van der Waals surface area contributed by atoms with E-state index in [0.717, 1.165) is 32.5 Å². The van der Waals surface area contributed by atoms with Crippen LogP contribution in [0.5, 0.6) is 0 Å². The Labute approximate surface area is 149 Å². The van der Waals surface area contributed by atoms with Crippen molar-refractivity contribution in [3.63, 3.8) is 0 Å². The summed E-state index contributed by atoms with van der Waals surface area (Å²) >= 11 is 2.77. The van der Waals surface area contributed by atoms with Gasteiger partial charge in [0.05, 0.1) is 9.75 Å². The van der Waals surface area contributed by atoms with E-state index in [-0.39, 0.29) is 6.10 Å². The molecule has 5 heterocycles. The third kappa shape index (κ3) is 2.81. The highest BCUT2D eigenvalue weighted by Gasteiger charge is 2.46. The van der Waals surface area contributed by atoms with E-state index in [1.54, 1.807) is 12.1 Å². The fraction of sp³-hybridized carbons (Fsp3) is 0.500. The first-order valence-corrected chi connectivity index (χ1v) is 10.2. The molecule has 1 N–H and O–H groups in total. The van der Waals surface area contributed by atoms with Crippen molar-refractivity contribution in [1.29, 1.82) is 0 Å². The lowest BCUT2D eigenvalue weighted by molar-refractivity contribution is -0.172. The second-order valence-electron chi connectivity index (χ2n) is 6.60. The maximum atomic E-state index is 13.0. The molecule has 0 spiro atoms. The van der Waals surface area contributed by atoms with Crippen LogP contribution in [0.1, 0.15) is 29.0 Å². The number of hydrogen-bond acceptors (Lipinski definition) is 6. The summed E-state index contributed by atoms with van der Waals surface area (Å²) in [6.07, 6.45) is 3.23. The zero-order chi connectivity index (χ0) is 16.6. The minimum Gasteiger partial charge on any atom is -0.458 e. The van der Waals surface area contributed by atoms with Gasteiger partial charge in [0, 0.05) is 6.54 Å². The molecule has 0 radical (unpaired) electrons. The highest BCUT2D eigenvalue weighted by Crippen LogP contribution is 2.38. The average Bonchev–Trinajstić information content (AvgIpc) is 3.24. The molecule has 6 heteroatoms. The lowest BCUT2D eigenvalue weighted by Gasteiger charge is -2.36. The Morgan fingerprint density at radius 3 is 2.50 bits per heavy atom. The van der Waals surface area contributed by atoms with Crippen LogP contribution in [-0.2, 0) is 15.1 Å². The van der Waals surface area contributed by atoms with Gasteiger partial charge < -0.3 is 9.84 Å². The summed E-state index contributed by atoms with van der Waals surface area (Å²) in [7, 11) is 0. The van der Waals surface area contributed by atoms with Crippen LogP contribution in [0.3, 0.4) is 0 Å². The van der Waals surface area contributed by atoms with Crippen LogP contribution in [0.2, 0.25) is 0 Å². The van der Waals surface area contributed by atoms with Crippen LogP contribution < -0.4 is 0 Å². The van der Waals surface area contributed by atoms with Gasteiger partial charge in [0.25, 0.3) is 0 Å². The van der Waals surface area contributed by atoms with Gasteiger partial charge >= 0.3 is 5.97 Å². The standard InChI is InChI=1S/C18H21NO3S2/c20-17(22-14-12-19-8-1-4-13(14)7-9-19)18(21,15-5-2-10-23-15)16-6-3-11-24-16/h2-3,5-6,10-11,13-14,21H,1,4,7-9,12H2. The number of piperidine rings is 1. The monoisotopic (exact) mass is 363 g/mol. The smallest absolute Gasteiger partial charge is 0.349 e. The average molecular weight is 364 g/mol. The molecule has 2 bridgehead atoms. The van der Waals surface area contributed by atoms with Crippen molar-refractivity contribution in [2.24, 2.45) is 5.92 Å². The summed E-state index contributed by atoms with van der Waals surface area (Å²) in [6, 6.07) is 7.30. The van der Waals surface area contributed by atoms with Crippen LogP contribution in [0.4, 0.5) is 0 Å². The molecule has 3 atom stereocenters. The van der Waals surface area contributed by atoms with Crippen LogP contribution in [0, 0.1) is 5.92 Å². The molecule has 4 nitrogen and oxygen atoms in total. The molecule has 3 fully saturated rings. The van der Waals surface area contributed by atoms with Crippen molar-refractivity contribution in [1.82, 2.24) is 4.90 Å². The van der Waals surface area contributed by atoms with E-state index in [0.29, 0.717) is 15.7 Å². The number of aliphatic hydroxyl groups is 1. The van der Waals surface area contributed by atoms with Crippen molar-refractivity contribution >= 4 is 28.6 Å². The summed E-state index contributed by atoms with van der Waals surface area (Å²) < 4.78 is 5.90. The van der Waals surface area contributed by atoms with Gasteiger partial charge in [-0.05, 0) is 61.2 Å². The van der Waals surface area contributed by atoms with Gasteiger partial charge in [-0.1, -0.05) is 12.1 Å². The van der Waals surface area contributed by atoms with E-state index in [2.05, 4.69) is 4.90 Å². The quantitative estimate of drug-likeness (QED) is 0.848. The van der Waals surface area contributed by atoms with E-state index in [9.17, 15) is 9.90 Å². The van der Waals surface area contributed by atoms with Crippen LogP contribution in [0.25, 0.3) is 0 Å². The van der Waals surface area contributed by atoms with E-state index in [4.69, 9.17) is 4.74 Å². The molecule has 0 saturated carbocycles. The molecular formula is C18H21NO3S2. The summed E-state index contributed by atoms with van der Waals surface area (Å²) in [4.78, 5) is 16.7. The first-order chi connectivity index (χ1) is 11.7. The summed E-state index contributed by atoms with van der Waals surface area (Å²) in [5, 5.41) is 15.1. The van der Waals surface area contributed by atoms with Gasteiger partial charge in [-0.2, -0.15) is 0 Å². The second-order valence-corrected chi connectivity index (χ2v) is 8.50. The zero-order valence-electron chi connectivity index (χ0n) is 13.4. The highest BCUT2D eigenvalue weighted by molar-refractivity contribution is 7.12. The molecule has 3 aliphatic rings. The fourth-order valence-corrected chi connectivity index (χ4v) is 5.50. The number of esters is 1. The predicted octanol–water partition coefficient (Wildman–Crippen LogP) is 3.07. The summed E-state index contributed by atoms with van der Waals surface area (Å²) in [6.45, 7) is 2.98. The molecule has 3 unspecified atom stereocenters. The highest BCUT2D eigenvalue weighted by atomic mass is 32.1. The maximum Gasteiger partial charge on any atom is 0.349 e. The molecule has 0 aliphatic carbocycles. The van der Waals surface area contributed by atoms with Crippen LogP contribution >= 0.6 is 22.7 Å². The largest absolute Gasteiger partial charge is 0.458 e. The first-order valence-electron chi connectivity index (χ1n) is 8.41. The second kappa shape index (κ2) is 6.59. The molecule has 3 saturated heterocycles. The number of carbonyl (C=O) groups excluding carboxylic acids is 1. The summed E-state index contributed by atoms with van der Waals surface area (Å²) in [5.41, 5.74) is -1.69. The van der Waals surface area contributed by atoms with E-state index in [1.165, 1.54) is 29.1 Å². The topological polar surface area (TPSA) is 49.8 Å². The Bertz CT molecular complexity index is 645. The molecule has 0 aromatic carbocycles. The summed E-state index contributed by atoms with van der Waals surface area (Å²) in [5.74, 6) is -0.116. The molecule has 5 rings (SSSR count). The third-order valence-corrected chi connectivity index (χ3v) is 7.10. The Morgan fingerprint density at radius 2 is 1.88 bits per heavy atom. The van der Waals surface area contributed by atoms with Crippen molar-refractivity contribution in [2.45, 2.75) is 31.0 Å². The van der Waals surface area contributed by atoms with Gasteiger partial charge in [0.15, 0.2) is 0 Å². The number of fused-ring (bicyclic) bond motifs is 4. The Hall–Kier alpha value is -1.21. The third-order valence-electron chi connectivity index (χ3n) is 5.14. The molecule has 3 aliphatic heterocycles. The van der Waals surface area contributed by atoms with Gasteiger partial charge in [0.1, 0.15) is 6.10 Å². The minimum atomic E-state index is -1.69. The number of nitrogens with zero attached hydrogens (tertiary/aromatic N) is 1. The SMILES string of the molecule is O=C(OC1CN2CCCC1CC2)C(O)(c1cccs1)c1cccs1. The van der Waals surface area contributed by atoms with Gasteiger partial charge in [0.2, 0.25) is 5.60 Å². The van der Waals surface area contributed by atoms with Crippen LogP contribution in [-0.4, -0.2) is 41.7 Å². The number of ether oxygens (including phenoxy) is 1. The molecule has 0 amide bonds. The lowest BCUT2D eigenvalue weighted by atomic mass is 9.92. The lowest BCUT2D eigenvalue weighted by Crippen LogP contribution is -2.47. The zero-order valence-corrected chi connectivity index (χ0v) is 15.0. The molecule has 24 heavy (non-hydrogen) atoms. The Kier molecular flexibility index (Phi) is 4.47.